The van der Waals surface area contributed by atoms with Gasteiger partial charge in [0.25, 0.3) is 0 Å². The quantitative estimate of drug-likeness (QED) is 0.568. The molecule has 0 bridgehead atoms. The molecule has 0 amide bonds. The normalized spacial score (nSPS) is 11.4. The van der Waals surface area contributed by atoms with Crippen LogP contribution in [-0.4, -0.2) is 29.4 Å². The number of aryl methyl sites for hydroxylation is 1. The predicted octanol–water partition coefficient (Wildman–Crippen LogP) is 3.61. The van der Waals surface area contributed by atoms with E-state index in [9.17, 15) is 0 Å². The van der Waals surface area contributed by atoms with Gasteiger partial charge < -0.3 is 5.32 Å². The van der Waals surface area contributed by atoms with E-state index in [-0.39, 0.29) is 0 Å². The second-order valence-electron chi connectivity index (χ2n) is 6.74. The first-order chi connectivity index (χ1) is 13.2. The second kappa shape index (κ2) is 7.19. The summed E-state index contributed by atoms with van der Waals surface area (Å²) in [6.07, 6.45) is 6.39. The molecule has 7 heteroatoms. The van der Waals surface area contributed by atoms with Crippen LogP contribution < -0.4 is 5.32 Å². The summed E-state index contributed by atoms with van der Waals surface area (Å²) in [4.78, 5) is 9.34. The molecule has 0 aliphatic carbocycles. The van der Waals surface area contributed by atoms with Gasteiger partial charge in [0, 0.05) is 30.9 Å². The molecule has 0 spiro atoms. The van der Waals surface area contributed by atoms with Crippen LogP contribution in [0.1, 0.15) is 43.6 Å². The van der Waals surface area contributed by atoms with Crippen molar-refractivity contribution in [2.45, 2.75) is 39.7 Å². The maximum Gasteiger partial charge on any atom is 0.227 e. The van der Waals surface area contributed by atoms with Crippen molar-refractivity contribution in [2.75, 3.05) is 5.32 Å². The molecule has 0 unspecified atom stereocenters. The van der Waals surface area contributed by atoms with Crippen LogP contribution in [0, 0.1) is 0 Å². The summed E-state index contributed by atoms with van der Waals surface area (Å²) in [6.45, 7) is 6.98. The van der Waals surface area contributed by atoms with Crippen LogP contribution in [0.2, 0.25) is 0 Å². The van der Waals surface area contributed by atoms with Gasteiger partial charge >= 0.3 is 0 Å². The van der Waals surface area contributed by atoms with E-state index in [2.05, 4.69) is 58.4 Å². The number of hydrogen-bond acceptors (Lipinski definition) is 5. The molecule has 1 N–H and O–H groups in total. The Labute approximate surface area is 158 Å². The Morgan fingerprint density at radius 1 is 1.07 bits per heavy atom. The van der Waals surface area contributed by atoms with E-state index in [1.165, 1.54) is 0 Å². The number of aromatic nitrogens is 6. The average Bonchev–Trinajstić information content (AvgIpc) is 3.36. The summed E-state index contributed by atoms with van der Waals surface area (Å²) >= 11 is 0. The first-order valence-electron chi connectivity index (χ1n) is 9.23. The van der Waals surface area contributed by atoms with E-state index in [0.29, 0.717) is 18.4 Å². The molecule has 3 heterocycles. The molecule has 0 saturated carbocycles. The Morgan fingerprint density at radius 3 is 2.67 bits per heavy atom. The molecular formula is C20H23N7. The highest BCUT2D eigenvalue weighted by Crippen LogP contribution is 2.22. The first-order valence-corrected chi connectivity index (χ1v) is 9.23. The third kappa shape index (κ3) is 3.28. The molecule has 0 radical (unpaired) electrons. The molecule has 4 aromatic rings. The molecule has 0 saturated heterocycles. The van der Waals surface area contributed by atoms with Crippen LogP contribution in [0.3, 0.4) is 0 Å². The monoisotopic (exact) mass is 361 g/mol. The minimum Gasteiger partial charge on any atom is -0.350 e. The van der Waals surface area contributed by atoms with Crippen molar-refractivity contribution >= 4 is 11.6 Å². The summed E-state index contributed by atoms with van der Waals surface area (Å²) < 4.78 is 3.67. The van der Waals surface area contributed by atoms with Gasteiger partial charge in [-0.1, -0.05) is 39.0 Å². The standard InChI is InChI=1S/C20H23N7/c1-4-18-24-19-16(14(2)3)13-23-27(19)20(25-18)21-12-15-8-5-6-9-17(15)26-11-7-10-22-26/h5-11,13-14H,4,12H2,1-3H3,(H,21,24,25). The molecule has 0 fully saturated rings. The zero-order valence-corrected chi connectivity index (χ0v) is 15.8. The minimum absolute atomic E-state index is 0.357. The molecule has 3 aromatic heterocycles. The molecule has 138 valence electrons. The van der Waals surface area contributed by atoms with Gasteiger partial charge in [-0.2, -0.15) is 19.7 Å². The molecule has 0 atom stereocenters. The lowest BCUT2D eigenvalue weighted by Crippen LogP contribution is -2.12. The number of para-hydroxylation sites is 1. The fourth-order valence-electron chi connectivity index (χ4n) is 3.09. The summed E-state index contributed by atoms with van der Waals surface area (Å²) in [5.74, 6) is 1.88. The lowest BCUT2D eigenvalue weighted by Gasteiger charge is -2.13. The molecule has 0 aliphatic rings. The van der Waals surface area contributed by atoms with Gasteiger partial charge in [0.1, 0.15) is 5.82 Å². The lowest BCUT2D eigenvalue weighted by molar-refractivity contribution is 0.824. The third-order valence-electron chi connectivity index (χ3n) is 4.56. The highest BCUT2D eigenvalue weighted by atomic mass is 15.3. The maximum absolute atomic E-state index is 4.68. The van der Waals surface area contributed by atoms with Crippen LogP contribution in [0.25, 0.3) is 11.3 Å². The highest BCUT2D eigenvalue weighted by molar-refractivity contribution is 5.52. The van der Waals surface area contributed by atoms with Gasteiger partial charge in [-0.25, -0.2) is 9.67 Å². The van der Waals surface area contributed by atoms with Crippen molar-refractivity contribution < 1.29 is 0 Å². The number of benzene rings is 1. The Kier molecular flexibility index (Phi) is 4.58. The van der Waals surface area contributed by atoms with Crippen LogP contribution in [0.5, 0.6) is 0 Å². The number of anilines is 1. The van der Waals surface area contributed by atoms with Gasteiger partial charge in [0.2, 0.25) is 5.95 Å². The number of nitrogens with zero attached hydrogens (tertiary/aromatic N) is 6. The number of nitrogens with one attached hydrogen (secondary N) is 1. The fraction of sp³-hybridized carbons (Fsp3) is 0.300. The largest absolute Gasteiger partial charge is 0.350 e. The van der Waals surface area contributed by atoms with Gasteiger partial charge in [-0.3, -0.25) is 0 Å². The van der Waals surface area contributed by atoms with Crippen molar-refractivity contribution in [3.63, 3.8) is 0 Å². The van der Waals surface area contributed by atoms with Gasteiger partial charge in [0.05, 0.1) is 11.9 Å². The SMILES string of the molecule is CCc1nc(NCc2ccccc2-n2cccn2)n2ncc(C(C)C)c2n1. The number of hydrogen-bond donors (Lipinski definition) is 1. The Hall–Kier alpha value is -3.22. The van der Waals surface area contributed by atoms with Crippen LogP contribution in [-0.2, 0) is 13.0 Å². The average molecular weight is 361 g/mol. The van der Waals surface area contributed by atoms with Crippen molar-refractivity contribution in [3.8, 4) is 5.69 Å². The maximum atomic E-state index is 4.68. The van der Waals surface area contributed by atoms with Crippen molar-refractivity contribution in [3.05, 3.63) is 65.9 Å². The first kappa shape index (κ1) is 17.2. The summed E-state index contributed by atoms with van der Waals surface area (Å²) in [6, 6.07) is 10.1. The molecule has 1 aromatic carbocycles. The Balaban J connectivity index is 1.69. The lowest BCUT2D eigenvalue weighted by atomic mass is 10.1. The molecular weight excluding hydrogens is 338 g/mol. The summed E-state index contributed by atoms with van der Waals surface area (Å²) in [7, 11) is 0. The van der Waals surface area contributed by atoms with E-state index in [1.807, 2.05) is 35.3 Å². The van der Waals surface area contributed by atoms with Crippen LogP contribution >= 0.6 is 0 Å². The van der Waals surface area contributed by atoms with Crippen molar-refractivity contribution in [1.82, 2.24) is 29.4 Å². The smallest absolute Gasteiger partial charge is 0.227 e. The van der Waals surface area contributed by atoms with E-state index >= 15 is 0 Å². The number of rotatable bonds is 6. The molecule has 0 aliphatic heterocycles. The van der Waals surface area contributed by atoms with E-state index in [0.717, 1.165) is 34.7 Å². The Bertz CT molecular complexity index is 1050. The topological polar surface area (TPSA) is 72.9 Å². The minimum atomic E-state index is 0.357. The van der Waals surface area contributed by atoms with Gasteiger partial charge in [-0.15, -0.1) is 0 Å². The zero-order chi connectivity index (χ0) is 18.8. The van der Waals surface area contributed by atoms with Crippen molar-refractivity contribution in [1.29, 1.82) is 0 Å². The molecule has 7 nitrogen and oxygen atoms in total. The molecule has 27 heavy (non-hydrogen) atoms. The highest BCUT2D eigenvalue weighted by Gasteiger charge is 2.15. The van der Waals surface area contributed by atoms with E-state index in [1.54, 1.807) is 10.7 Å². The van der Waals surface area contributed by atoms with Gasteiger partial charge in [0.15, 0.2) is 5.65 Å². The second-order valence-corrected chi connectivity index (χ2v) is 6.74. The van der Waals surface area contributed by atoms with Gasteiger partial charge in [-0.05, 0) is 23.6 Å². The van der Waals surface area contributed by atoms with Crippen LogP contribution in [0.4, 0.5) is 5.95 Å². The fourth-order valence-corrected chi connectivity index (χ4v) is 3.09. The van der Waals surface area contributed by atoms with Crippen molar-refractivity contribution in [2.24, 2.45) is 0 Å². The van der Waals surface area contributed by atoms with Crippen LogP contribution in [0.15, 0.2) is 48.9 Å². The predicted molar refractivity (Wildman–Crippen MR) is 105 cm³/mol. The van der Waals surface area contributed by atoms with E-state index in [4.69, 9.17) is 0 Å². The Morgan fingerprint density at radius 2 is 1.93 bits per heavy atom. The number of fused-ring (bicyclic) bond motifs is 1. The van der Waals surface area contributed by atoms with E-state index < -0.39 is 0 Å². The summed E-state index contributed by atoms with van der Waals surface area (Å²) in [5.41, 5.74) is 4.17. The third-order valence-corrected chi connectivity index (χ3v) is 4.56. The summed E-state index contributed by atoms with van der Waals surface area (Å²) in [5, 5.41) is 12.3. The molecule has 4 rings (SSSR count). The zero-order valence-electron chi connectivity index (χ0n) is 15.8.